The number of hydrogen-bond donors (Lipinski definition) is 3. The first kappa shape index (κ1) is 12.8. The summed E-state index contributed by atoms with van der Waals surface area (Å²) in [7, 11) is 1.42. The quantitative estimate of drug-likeness (QED) is 0.772. The Kier molecular flexibility index (Phi) is 4.14. The SMILES string of the molecule is COc1ccc(Br)c(CC(N)C(=O)O)c1O. The molecule has 0 bridgehead atoms. The lowest BCUT2D eigenvalue weighted by Crippen LogP contribution is -2.32. The van der Waals surface area contributed by atoms with Crippen LogP contribution in [0.15, 0.2) is 16.6 Å². The van der Waals surface area contributed by atoms with Gasteiger partial charge in [0.1, 0.15) is 6.04 Å². The summed E-state index contributed by atoms with van der Waals surface area (Å²) >= 11 is 3.22. The van der Waals surface area contributed by atoms with Gasteiger partial charge in [0, 0.05) is 16.5 Å². The Bertz CT molecular complexity index is 408. The van der Waals surface area contributed by atoms with Crippen molar-refractivity contribution < 1.29 is 19.7 Å². The standard InChI is InChI=1S/C10H12BrNO4/c1-16-8-3-2-6(11)5(9(8)13)4-7(12)10(14)15/h2-3,7,13H,4,12H2,1H3,(H,14,15). The van der Waals surface area contributed by atoms with Crippen molar-refractivity contribution >= 4 is 21.9 Å². The molecule has 0 aliphatic heterocycles. The molecule has 16 heavy (non-hydrogen) atoms. The maximum Gasteiger partial charge on any atom is 0.320 e. The van der Waals surface area contributed by atoms with Crippen LogP contribution in [0.3, 0.4) is 0 Å². The number of aromatic hydroxyl groups is 1. The Morgan fingerprint density at radius 1 is 1.62 bits per heavy atom. The molecule has 0 aliphatic carbocycles. The third-order valence-electron chi connectivity index (χ3n) is 2.15. The summed E-state index contributed by atoms with van der Waals surface area (Å²) in [6, 6.07) is 2.19. The molecule has 0 saturated heterocycles. The van der Waals surface area contributed by atoms with Gasteiger partial charge in [-0.3, -0.25) is 4.79 Å². The molecule has 1 unspecified atom stereocenters. The lowest BCUT2D eigenvalue weighted by molar-refractivity contribution is -0.138. The average molecular weight is 290 g/mol. The van der Waals surface area contributed by atoms with Crippen LogP contribution in [0.25, 0.3) is 0 Å². The van der Waals surface area contributed by atoms with E-state index >= 15 is 0 Å². The van der Waals surface area contributed by atoms with Crippen LogP contribution in [-0.2, 0) is 11.2 Å². The molecule has 0 saturated carbocycles. The number of carbonyl (C=O) groups is 1. The summed E-state index contributed by atoms with van der Waals surface area (Å²) in [4.78, 5) is 10.6. The van der Waals surface area contributed by atoms with Crippen molar-refractivity contribution in [3.8, 4) is 11.5 Å². The van der Waals surface area contributed by atoms with E-state index in [4.69, 9.17) is 15.6 Å². The second-order valence-electron chi connectivity index (χ2n) is 3.23. The average Bonchev–Trinajstić information content (AvgIpc) is 2.24. The highest BCUT2D eigenvalue weighted by molar-refractivity contribution is 9.10. The molecule has 0 fully saturated rings. The number of ether oxygens (including phenoxy) is 1. The van der Waals surface area contributed by atoms with Crippen molar-refractivity contribution in [2.45, 2.75) is 12.5 Å². The number of rotatable bonds is 4. The van der Waals surface area contributed by atoms with Crippen LogP contribution in [-0.4, -0.2) is 29.3 Å². The topological polar surface area (TPSA) is 92.8 Å². The third-order valence-corrected chi connectivity index (χ3v) is 2.89. The zero-order chi connectivity index (χ0) is 12.3. The molecule has 1 atom stereocenters. The summed E-state index contributed by atoms with van der Waals surface area (Å²) in [6.07, 6.45) is 0.0267. The largest absolute Gasteiger partial charge is 0.504 e. The van der Waals surface area contributed by atoms with Crippen LogP contribution in [0.2, 0.25) is 0 Å². The molecule has 88 valence electrons. The Morgan fingerprint density at radius 2 is 2.25 bits per heavy atom. The van der Waals surface area contributed by atoms with Gasteiger partial charge in [0.2, 0.25) is 0 Å². The maximum absolute atomic E-state index is 10.6. The van der Waals surface area contributed by atoms with Crippen molar-refractivity contribution in [1.82, 2.24) is 0 Å². The molecule has 0 aliphatic rings. The molecule has 0 spiro atoms. The summed E-state index contributed by atoms with van der Waals surface area (Å²) in [5, 5.41) is 18.5. The second kappa shape index (κ2) is 5.18. The van der Waals surface area contributed by atoms with Crippen LogP contribution in [0.1, 0.15) is 5.56 Å². The minimum Gasteiger partial charge on any atom is -0.504 e. The Balaban J connectivity index is 3.07. The van der Waals surface area contributed by atoms with Gasteiger partial charge in [-0.05, 0) is 12.1 Å². The molecule has 0 amide bonds. The zero-order valence-electron chi connectivity index (χ0n) is 8.61. The van der Waals surface area contributed by atoms with E-state index in [-0.39, 0.29) is 17.9 Å². The lowest BCUT2D eigenvalue weighted by Gasteiger charge is -2.12. The Labute approximate surface area is 101 Å². The smallest absolute Gasteiger partial charge is 0.320 e. The fourth-order valence-corrected chi connectivity index (χ4v) is 1.74. The van der Waals surface area contributed by atoms with Gasteiger partial charge in [-0.15, -0.1) is 0 Å². The number of phenolic OH excluding ortho intramolecular Hbond substituents is 1. The number of carboxylic acids is 1. The fourth-order valence-electron chi connectivity index (χ4n) is 1.26. The number of carboxylic acid groups (broad SMARTS) is 1. The second-order valence-corrected chi connectivity index (χ2v) is 4.08. The predicted molar refractivity (Wildman–Crippen MR) is 61.7 cm³/mol. The molecular weight excluding hydrogens is 278 g/mol. The lowest BCUT2D eigenvalue weighted by atomic mass is 10.1. The van der Waals surface area contributed by atoms with Gasteiger partial charge >= 0.3 is 5.97 Å². The van der Waals surface area contributed by atoms with E-state index in [1.165, 1.54) is 7.11 Å². The highest BCUT2D eigenvalue weighted by Crippen LogP contribution is 2.35. The van der Waals surface area contributed by atoms with Gasteiger partial charge in [0.15, 0.2) is 11.5 Å². The minimum atomic E-state index is -1.12. The molecule has 0 aromatic heterocycles. The highest BCUT2D eigenvalue weighted by atomic mass is 79.9. The summed E-state index contributed by atoms with van der Waals surface area (Å²) < 4.78 is 5.52. The molecule has 0 heterocycles. The molecule has 1 rings (SSSR count). The molecular formula is C10H12BrNO4. The van der Waals surface area contributed by atoms with E-state index in [0.717, 1.165) is 0 Å². The Hall–Kier alpha value is -1.27. The van der Waals surface area contributed by atoms with E-state index < -0.39 is 12.0 Å². The number of hydrogen-bond acceptors (Lipinski definition) is 4. The first-order valence-electron chi connectivity index (χ1n) is 4.50. The van der Waals surface area contributed by atoms with Gasteiger partial charge in [0.05, 0.1) is 7.11 Å². The number of aliphatic carboxylic acids is 1. The van der Waals surface area contributed by atoms with Gasteiger partial charge in [0.25, 0.3) is 0 Å². The van der Waals surface area contributed by atoms with Crippen molar-refractivity contribution in [2.24, 2.45) is 5.73 Å². The maximum atomic E-state index is 10.6. The van der Waals surface area contributed by atoms with Crippen LogP contribution in [0, 0.1) is 0 Å². The first-order chi connectivity index (χ1) is 7.47. The normalized spacial score (nSPS) is 12.2. The highest BCUT2D eigenvalue weighted by Gasteiger charge is 2.18. The van der Waals surface area contributed by atoms with Crippen LogP contribution in [0.4, 0.5) is 0 Å². The molecule has 4 N–H and O–H groups in total. The van der Waals surface area contributed by atoms with E-state index in [9.17, 15) is 9.90 Å². The number of benzene rings is 1. The number of methoxy groups -OCH3 is 1. The first-order valence-corrected chi connectivity index (χ1v) is 5.29. The number of nitrogens with two attached hydrogens (primary N) is 1. The van der Waals surface area contributed by atoms with Crippen LogP contribution >= 0.6 is 15.9 Å². The van der Waals surface area contributed by atoms with E-state index in [1.54, 1.807) is 12.1 Å². The number of phenols is 1. The molecule has 1 aromatic rings. The monoisotopic (exact) mass is 289 g/mol. The van der Waals surface area contributed by atoms with Crippen molar-refractivity contribution in [3.05, 3.63) is 22.2 Å². The van der Waals surface area contributed by atoms with Crippen molar-refractivity contribution in [1.29, 1.82) is 0 Å². The van der Waals surface area contributed by atoms with Crippen molar-refractivity contribution in [2.75, 3.05) is 7.11 Å². The minimum absolute atomic E-state index is 0.0267. The molecule has 6 heteroatoms. The van der Waals surface area contributed by atoms with Crippen LogP contribution < -0.4 is 10.5 Å². The molecule has 1 aromatic carbocycles. The van der Waals surface area contributed by atoms with Gasteiger partial charge in [-0.2, -0.15) is 0 Å². The predicted octanol–water partition coefficient (Wildman–Crippen LogP) is 1.12. The number of halogens is 1. The summed E-state index contributed by atoms with van der Waals surface area (Å²) in [5.41, 5.74) is 5.83. The van der Waals surface area contributed by atoms with Crippen molar-refractivity contribution in [3.63, 3.8) is 0 Å². The summed E-state index contributed by atoms with van der Waals surface area (Å²) in [5.74, 6) is -0.918. The Morgan fingerprint density at radius 3 is 2.75 bits per heavy atom. The van der Waals surface area contributed by atoms with Crippen LogP contribution in [0.5, 0.6) is 11.5 Å². The zero-order valence-corrected chi connectivity index (χ0v) is 10.2. The van der Waals surface area contributed by atoms with Gasteiger partial charge in [-0.1, -0.05) is 15.9 Å². The summed E-state index contributed by atoms with van der Waals surface area (Å²) in [6.45, 7) is 0. The molecule has 5 nitrogen and oxygen atoms in total. The van der Waals surface area contributed by atoms with Gasteiger partial charge < -0.3 is 20.7 Å². The van der Waals surface area contributed by atoms with Gasteiger partial charge in [-0.25, -0.2) is 0 Å². The van der Waals surface area contributed by atoms with E-state index in [2.05, 4.69) is 15.9 Å². The fraction of sp³-hybridized carbons (Fsp3) is 0.300. The molecule has 0 radical (unpaired) electrons. The van der Waals surface area contributed by atoms with E-state index in [1.807, 2.05) is 0 Å². The third kappa shape index (κ3) is 2.65. The van der Waals surface area contributed by atoms with E-state index in [0.29, 0.717) is 10.0 Å².